The van der Waals surface area contributed by atoms with Gasteiger partial charge in [-0.1, -0.05) is 20.8 Å². The highest BCUT2D eigenvalue weighted by atomic mass is 31.2. The van der Waals surface area contributed by atoms with Crippen molar-refractivity contribution in [1.82, 2.24) is 0 Å². The molecule has 198 valence electrons. The number of phosphoric ester groups is 1. The van der Waals surface area contributed by atoms with E-state index < -0.39 is 58.2 Å². The van der Waals surface area contributed by atoms with Crippen LogP contribution in [0.15, 0.2) is 0 Å². The molecule has 1 rings (SSSR count). The number of phosphoric acid groups is 1. The van der Waals surface area contributed by atoms with Crippen LogP contribution in [0.2, 0.25) is 0 Å². The Balaban J connectivity index is 2.10. The second kappa shape index (κ2) is 15.2. The molecule has 1 aliphatic heterocycles. The van der Waals surface area contributed by atoms with Crippen molar-refractivity contribution in [3.63, 3.8) is 0 Å². The van der Waals surface area contributed by atoms with Crippen LogP contribution in [0.25, 0.3) is 0 Å². The molecule has 0 aliphatic carbocycles. The highest BCUT2D eigenvalue weighted by molar-refractivity contribution is 7.53. The first-order valence-electron chi connectivity index (χ1n) is 10.8. The molecule has 5 N–H and O–H groups in total. The van der Waals surface area contributed by atoms with Gasteiger partial charge >= 0.3 is 15.4 Å². The summed E-state index contributed by atoms with van der Waals surface area (Å²) in [6.07, 6.45) is -3.61. The van der Waals surface area contributed by atoms with Gasteiger partial charge in [-0.3, -0.25) is 13.6 Å². The number of rotatable bonds is 17. The monoisotopic (exact) mass is 524 g/mol. The molecule has 0 aromatic rings. The Labute approximate surface area is 194 Å². The van der Waals surface area contributed by atoms with Gasteiger partial charge < -0.3 is 43.8 Å². The molecular formula is C18H38O13P2. The minimum absolute atomic E-state index is 0.0403. The number of aliphatic hydroxyl groups excluding tert-OH is 3. The van der Waals surface area contributed by atoms with Crippen LogP contribution in [0.3, 0.4) is 0 Å². The molecule has 0 saturated carbocycles. The lowest BCUT2D eigenvalue weighted by Gasteiger charge is -2.40. The first-order chi connectivity index (χ1) is 15.4. The largest absolute Gasteiger partial charge is 0.472 e. The fourth-order valence-electron chi connectivity index (χ4n) is 2.71. The molecule has 1 saturated heterocycles. The van der Waals surface area contributed by atoms with Gasteiger partial charge in [-0.15, -0.1) is 0 Å². The zero-order chi connectivity index (χ0) is 25.1. The SMILES string of the molecule is CC1C(OCCCOP(=O)(O)OCCCOCCOP(=O)(O)C(C)C)OC(CO)C(O)C1O. The minimum Gasteiger partial charge on any atom is -0.394 e. The number of ether oxygens (including phenoxy) is 3. The molecule has 1 aliphatic rings. The summed E-state index contributed by atoms with van der Waals surface area (Å²) in [4.78, 5) is 19.1. The van der Waals surface area contributed by atoms with Crippen molar-refractivity contribution in [1.29, 1.82) is 0 Å². The lowest BCUT2D eigenvalue weighted by atomic mass is 9.92. The summed E-state index contributed by atoms with van der Waals surface area (Å²) in [5, 5.41) is 29.0. The minimum atomic E-state index is -4.25. The van der Waals surface area contributed by atoms with Crippen molar-refractivity contribution in [2.24, 2.45) is 5.92 Å². The van der Waals surface area contributed by atoms with Gasteiger partial charge in [-0.25, -0.2) is 4.57 Å². The van der Waals surface area contributed by atoms with E-state index in [1.807, 2.05) is 0 Å². The van der Waals surface area contributed by atoms with Gasteiger partial charge in [-0.2, -0.15) is 0 Å². The summed E-state index contributed by atoms with van der Waals surface area (Å²) in [5.41, 5.74) is -0.499. The summed E-state index contributed by atoms with van der Waals surface area (Å²) in [7, 11) is -7.87. The van der Waals surface area contributed by atoms with Crippen LogP contribution in [-0.2, 0) is 36.9 Å². The van der Waals surface area contributed by atoms with Crippen LogP contribution in [0.1, 0.15) is 33.6 Å². The van der Waals surface area contributed by atoms with E-state index in [-0.39, 0.29) is 46.1 Å². The Bertz CT molecular complexity index is 632. The Morgan fingerprint density at radius 3 is 2.06 bits per heavy atom. The molecular weight excluding hydrogens is 486 g/mol. The zero-order valence-corrected chi connectivity index (χ0v) is 21.0. The third-order valence-electron chi connectivity index (χ3n) is 4.86. The maximum atomic E-state index is 11.8. The molecule has 0 radical (unpaired) electrons. The smallest absolute Gasteiger partial charge is 0.394 e. The van der Waals surface area contributed by atoms with E-state index in [9.17, 15) is 34.2 Å². The van der Waals surface area contributed by atoms with Crippen molar-refractivity contribution in [3.05, 3.63) is 0 Å². The van der Waals surface area contributed by atoms with E-state index >= 15 is 0 Å². The van der Waals surface area contributed by atoms with Gasteiger partial charge in [0.15, 0.2) is 6.29 Å². The topological polar surface area (TPSA) is 191 Å². The van der Waals surface area contributed by atoms with Crippen LogP contribution < -0.4 is 0 Å². The van der Waals surface area contributed by atoms with Crippen molar-refractivity contribution in [2.45, 2.75) is 63.9 Å². The standard InChI is InChI=1S/C18H38O13P2/c1-13(2)32(22,23)28-11-10-26-6-4-8-29-33(24,25)30-9-5-7-27-18-14(3)16(20)17(21)15(12-19)31-18/h13-21H,4-12H2,1-3H3,(H,22,23)(H,24,25). The highest BCUT2D eigenvalue weighted by Crippen LogP contribution is 2.46. The normalized spacial score (nSPS) is 29.7. The first-order valence-corrected chi connectivity index (χ1v) is 14.0. The lowest BCUT2D eigenvalue weighted by Crippen LogP contribution is -2.55. The van der Waals surface area contributed by atoms with E-state index in [1.54, 1.807) is 20.8 Å². The van der Waals surface area contributed by atoms with E-state index in [1.165, 1.54) is 0 Å². The molecule has 0 aromatic heterocycles. The quantitative estimate of drug-likeness (QED) is 0.132. The van der Waals surface area contributed by atoms with Gasteiger partial charge in [-0.05, 0) is 12.8 Å². The van der Waals surface area contributed by atoms with Crippen molar-refractivity contribution < 1.29 is 62.0 Å². The van der Waals surface area contributed by atoms with Gasteiger partial charge in [0, 0.05) is 12.5 Å². The van der Waals surface area contributed by atoms with Gasteiger partial charge in [0.2, 0.25) is 0 Å². The molecule has 0 amide bonds. The van der Waals surface area contributed by atoms with Crippen LogP contribution in [-0.4, -0.2) is 102 Å². The van der Waals surface area contributed by atoms with E-state index in [2.05, 4.69) is 0 Å². The van der Waals surface area contributed by atoms with Crippen molar-refractivity contribution in [3.8, 4) is 0 Å². The van der Waals surface area contributed by atoms with E-state index in [4.69, 9.17) is 27.8 Å². The van der Waals surface area contributed by atoms with Gasteiger partial charge in [0.05, 0.1) is 51.4 Å². The number of hydrogen-bond donors (Lipinski definition) is 5. The summed E-state index contributed by atoms with van der Waals surface area (Å²) in [6, 6.07) is 0. The average Bonchev–Trinajstić information content (AvgIpc) is 2.74. The molecule has 0 bridgehead atoms. The van der Waals surface area contributed by atoms with E-state index in [0.717, 1.165) is 0 Å². The van der Waals surface area contributed by atoms with Gasteiger partial charge in [0.1, 0.15) is 12.2 Å². The Morgan fingerprint density at radius 2 is 1.48 bits per heavy atom. The number of aliphatic hydroxyl groups is 3. The fraction of sp³-hybridized carbons (Fsp3) is 1.00. The molecule has 7 unspecified atom stereocenters. The van der Waals surface area contributed by atoms with E-state index in [0.29, 0.717) is 6.42 Å². The Morgan fingerprint density at radius 1 is 0.879 bits per heavy atom. The van der Waals surface area contributed by atoms with Crippen LogP contribution >= 0.6 is 15.4 Å². The third-order valence-corrected chi connectivity index (χ3v) is 7.73. The lowest BCUT2D eigenvalue weighted by molar-refractivity contribution is -0.282. The maximum Gasteiger partial charge on any atom is 0.472 e. The second-order valence-corrected chi connectivity index (χ2v) is 11.8. The van der Waals surface area contributed by atoms with Crippen LogP contribution in [0.4, 0.5) is 0 Å². The molecule has 1 fully saturated rings. The van der Waals surface area contributed by atoms with Crippen LogP contribution in [0, 0.1) is 5.92 Å². The molecule has 33 heavy (non-hydrogen) atoms. The third kappa shape index (κ3) is 11.5. The molecule has 0 aromatic carbocycles. The van der Waals surface area contributed by atoms with Gasteiger partial charge in [0.25, 0.3) is 0 Å². The highest BCUT2D eigenvalue weighted by Gasteiger charge is 2.42. The fourth-order valence-corrected chi connectivity index (χ4v) is 4.13. The zero-order valence-electron chi connectivity index (χ0n) is 19.2. The predicted octanol–water partition coefficient (Wildman–Crippen LogP) is 0.619. The Hall–Kier alpha value is 0.0200. The predicted molar refractivity (Wildman–Crippen MR) is 116 cm³/mol. The molecule has 1 heterocycles. The number of hydrogen-bond acceptors (Lipinski definition) is 11. The molecule has 15 heteroatoms. The maximum absolute atomic E-state index is 11.8. The molecule has 7 atom stereocenters. The average molecular weight is 524 g/mol. The molecule has 0 spiro atoms. The van der Waals surface area contributed by atoms with Crippen molar-refractivity contribution >= 4 is 15.4 Å². The summed E-state index contributed by atoms with van der Waals surface area (Å²) < 4.78 is 54.1. The summed E-state index contributed by atoms with van der Waals surface area (Å²) in [5.74, 6) is -0.534. The summed E-state index contributed by atoms with van der Waals surface area (Å²) in [6.45, 7) is 4.44. The summed E-state index contributed by atoms with van der Waals surface area (Å²) >= 11 is 0. The first kappa shape index (κ1) is 31.1. The van der Waals surface area contributed by atoms with Crippen molar-refractivity contribution in [2.75, 3.05) is 46.2 Å². The van der Waals surface area contributed by atoms with Crippen LogP contribution in [0.5, 0.6) is 0 Å². The second-order valence-electron chi connectivity index (χ2n) is 7.88. The molecule has 13 nitrogen and oxygen atoms in total. The Kier molecular flexibility index (Phi) is 14.3.